The van der Waals surface area contributed by atoms with Crippen molar-refractivity contribution in [3.05, 3.63) is 22.4 Å². The molecule has 16 heavy (non-hydrogen) atoms. The average molecular weight is 241 g/mol. The van der Waals surface area contributed by atoms with Crippen molar-refractivity contribution in [2.24, 2.45) is 0 Å². The Bertz CT molecular complexity index is 338. The van der Waals surface area contributed by atoms with E-state index in [1.807, 2.05) is 18.4 Å². The molecule has 0 aliphatic rings. The van der Waals surface area contributed by atoms with E-state index in [-0.39, 0.29) is 11.9 Å². The summed E-state index contributed by atoms with van der Waals surface area (Å²) in [6, 6.07) is 3.37. The Balaban J connectivity index is 2.12. The van der Waals surface area contributed by atoms with E-state index in [9.17, 15) is 9.59 Å². The molecule has 0 saturated carbocycles. The highest BCUT2D eigenvalue weighted by Gasteiger charge is 2.04. The van der Waals surface area contributed by atoms with Crippen LogP contribution in [-0.4, -0.2) is 31.6 Å². The van der Waals surface area contributed by atoms with E-state index in [1.165, 1.54) is 11.3 Å². The van der Waals surface area contributed by atoms with Gasteiger partial charge in [0.1, 0.15) is 0 Å². The number of urea groups is 1. The lowest BCUT2D eigenvalue weighted by molar-refractivity contribution is 0.0958. The molecule has 0 saturated heterocycles. The molecule has 88 valence electrons. The van der Waals surface area contributed by atoms with Crippen LogP contribution < -0.4 is 16.0 Å². The molecule has 0 spiro atoms. The first-order valence-corrected chi connectivity index (χ1v) is 5.95. The zero-order valence-corrected chi connectivity index (χ0v) is 9.89. The van der Waals surface area contributed by atoms with Crippen LogP contribution in [0.3, 0.4) is 0 Å². The van der Waals surface area contributed by atoms with Crippen LogP contribution in [0.1, 0.15) is 16.6 Å². The Morgan fingerprint density at radius 3 is 2.62 bits per heavy atom. The molecule has 0 bridgehead atoms. The fourth-order valence-electron chi connectivity index (χ4n) is 1.07. The first kappa shape index (κ1) is 12.5. The van der Waals surface area contributed by atoms with Crippen LogP contribution in [0.5, 0.6) is 0 Å². The van der Waals surface area contributed by atoms with Crippen molar-refractivity contribution in [1.29, 1.82) is 0 Å². The van der Waals surface area contributed by atoms with Gasteiger partial charge >= 0.3 is 6.03 Å². The van der Waals surface area contributed by atoms with Crippen LogP contribution in [-0.2, 0) is 0 Å². The number of rotatable bonds is 5. The van der Waals surface area contributed by atoms with Gasteiger partial charge in [0, 0.05) is 19.6 Å². The van der Waals surface area contributed by atoms with E-state index in [2.05, 4.69) is 16.0 Å². The second kappa shape index (κ2) is 6.84. The number of hydrogen-bond donors (Lipinski definition) is 3. The van der Waals surface area contributed by atoms with E-state index in [1.54, 1.807) is 6.07 Å². The molecule has 1 aromatic heterocycles. The molecule has 0 aliphatic heterocycles. The molecule has 3 N–H and O–H groups in total. The molecule has 0 aromatic carbocycles. The summed E-state index contributed by atoms with van der Waals surface area (Å²) in [5.74, 6) is -0.104. The molecule has 1 rings (SSSR count). The fourth-order valence-corrected chi connectivity index (χ4v) is 1.71. The number of amides is 3. The van der Waals surface area contributed by atoms with Crippen molar-refractivity contribution >= 4 is 23.3 Å². The van der Waals surface area contributed by atoms with Crippen LogP contribution >= 0.6 is 11.3 Å². The van der Waals surface area contributed by atoms with Crippen molar-refractivity contribution < 1.29 is 9.59 Å². The molecule has 5 nitrogen and oxygen atoms in total. The van der Waals surface area contributed by atoms with E-state index in [0.717, 1.165) is 0 Å². The molecule has 1 heterocycles. The Labute approximate surface area is 98.2 Å². The molecule has 0 aliphatic carbocycles. The molecule has 3 amide bonds. The molecule has 0 unspecified atom stereocenters. The Morgan fingerprint density at radius 2 is 2.00 bits per heavy atom. The van der Waals surface area contributed by atoms with Gasteiger partial charge in [-0.3, -0.25) is 4.79 Å². The smallest absolute Gasteiger partial charge is 0.314 e. The maximum absolute atomic E-state index is 11.4. The summed E-state index contributed by atoms with van der Waals surface area (Å²) < 4.78 is 0. The lowest BCUT2D eigenvalue weighted by Gasteiger charge is -2.06. The number of carbonyl (C=O) groups is 2. The second-order valence-electron chi connectivity index (χ2n) is 3.02. The van der Waals surface area contributed by atoms with Gasteiger partial charge in [0.2, 0.25) is 0 Å². The third kappa shape index (κ3) is 4.31. The number of thiophene rings is 1. The Kier molecular flexibility index (Phi) is 5.35. The predicted molar refractivity (Wildman–Crippen MR) is 63.7 cm³/mol. The molecule has 0 fully saturated rings. The number of carbonyl (C=O) groups excluding carboxylic acids is 2. The van der Waals surface area contributed by atoms with Gasteiger partial charge in [0.05, 0.1) is 4.88 Å². The maximum atomic E-state index is 11.4. The minimum atomic E-state index is -0.215. The third-order valence-corrected chi connectivity index (χ3v) is 2.65. The standard InChI is InChI=1S/C10H15N3O2S/c1-2-11-10(15)13-6-5-12-9(14)8-4-3-7-16-8/h3-4,7H,2,5-6H2,1H3,(H,12,14)(H2,11,13,15). The Hall–Kier alpha value is -1.56. The summed E-state index contributed by atoms with van der Waals surface area (Å²) in [7, 11) is 0. The van der Waals surface area contributed by atoms with Gasteiger partial charge in [-0.15, -0.1) is 11.3 Å². The fraction of sp³-hybridized carbons (Fsp3) is 0.400. The molecule has 0 atom stereocenters. The molecule has 0 radical (unpaired) electrons. The molecular formula is C10H15N3O2S. The van der Waals surface area contributed by atoms with Gasteiger partial charge in [0.15, 0.2) is 0 Å². The van der Waals surface area contributed by atoms with Gasteiger partial charge in [-0.05, 0) is 18.4 Å². The van der Waals surface area contributed by atoms with Gasteiger partial charge in [0.25, 0.3) is 5.91 Å². The predicted octanol–water partition coefficient (Wildman–Crippen LogP) is 0.797. The highest BCUT2D eigenvalue weighted by atomic mass is 32.1. The van der Waals surface area contributed by atoms with Crippen LogP contribution in [0.4, 0.5) is 4.79 Å². The van der Waals surface area contributed by atoms with Crippen molar-refractivity contribution in [2.45, 2.75) is 6.92 Å². The minimum absolute atomic E-state index is 0.104. The van der Waals surface area contributed by atoms with Crippen molar-refractivity contribution in [3.63, 3.8) is 0 Å². The number of nitrogens with one attached hydrogen (secondary N) is 3. The highest BCUT2D eigenvalue weighted by Crippen LogP contribution is 2.07. The molecule has 1 aromatic rings. The van der Waals surface area contributed by atoms with Gasteiger partial charge in [-0.1, -0.05) is 6.07 Å². The summed E-state index contributed by atoms with van der Waals surface area (Å²) in [6.45, 7) is 3.28. The van der Waals surface area contributed by atoms with Crippen molar-refractivity contribution in [2.75, 3.05) is 19.6 Å². The SMILES string of the molecule is CCNC(=O)NCCNC(=O)c1cccs1. The largest absolute Gasteiger partial charge is 0.350 e. The van der Waals surface area contributed by atoms with Crippen LogP contribution in [0, 0.1) is 0 Å². The number of hydrogen-bond acceptors (Lipinski definition) is 3. The topological polar surface area (TPSA) is 70.2 Å². The van der Waals surface area contributed by atoms with E-state index in [0.29, 0.717) is 24.5 Å². The molecule has 6 heteroatoms. The van der Waals surface area contributed by atoms with Gasteiger partial charge < -0.3 is 16.0 Å². The first-order valence-electron chi connectivity index (χ1n) is 5.07. The maximum Gasteiger partial charge on any atom is 0.314 e. The van der Waals surface area contributed by atoms with Crippen LogP contribution in [0.25, 0.3) is 0 Å². The van der Waals surface area contributed by atoms with Crippen LogP contribution in [0.15, 0.2) is 17.5 Å². The normalized spacial score (nSPS) is 9.56. The summed E-state index contributed by atoms with van der Waals surface area (Å²) in [4.78, 5) is 23.1. The minimum Gasteiger partial charge on any atom is -0.350 e. The van der Waals surface area contributed by atoms with E-state index >= 15 is 0 Å². The third-order valence-electron chi connectivity index (χ3n) is 1.78. The van der Waals surface area contributed by atoms with Crippen LogP contribution in [0.2, 0.25) is 0 Å². The van der Waals surface area contributed by atoms with Gasteiger partial charge in [-0.25, -0.2) is 4.79 Å². The summed E-state index contributed by atoms with van der Waals surface area (Å²) in [6.07, 6.45) is 0. The molecular weight excluding hydrogens is 226 g/mol. The second-order valence-corrected chi connectivity index (χ2v) is 3.97. The van der Waals surface area contributed by atoms with E-state index < -0.39 is 0 Å². The van der Waals surface area contributed by atoms with E-state index in [4.69, 9.17) is 0 Å². The zero-order chi connectivity index (χ0) is 11.8. The summed E-state index contributed by atoms with van der Waals surface area (Å²) in [5, 5.41) is 9.78. The monoisotopic (exact) mass is 241 g/mol. The van der Waals surface area contributed by atoms with Gasteiger partial charge in [-0.2, -0.15) is 0 Å². The summed E-state index contributed by atoms with van der Waals surface area (Å²) in [5.41, 5.74) is 0. The first-order chi connectivity index (χ1) is 7.74. The lowest BCUT2D eigenvalue weighted by atomic mass is 10.4. The lowest BCUT2D eigenvalue weighted by Crippen LogP contribution is -2.40. The van der Waals surface area contributed by atoms with Crippen molar-refractivity contribution in [1.82, 2.24) is 16.0 Å². The average Bonchev–Trinajstić information content (AvgIpc) is 2.78. The zero-order valence-electron chi connectivity index (χ0n) is 9.08. The van der Waals surface area contributed by atoms with Crippen molar-refractivity contribution in [3.8, 4) is 0 Å². The Morgan fingerprint density at radius 1 is 1.25 bits per heavy atom. The summed E-state index contributed by atoms with van der Waals surface area (Å²) >= 11 is 1.39. The highest BCUT2D eigenvalue weighted by molar-refractivity contribution is 7.12. The quantitative estimate of drug-likeness (QED) is 0.667.